The summed E-state index contributed by atoms with van der Waals surface area (Å²) in [6, 6.07) is 7.21. The molecule has 1 aromatic rings. The maximum absolute atomic E-state index is 12.4. The average Bonchev–Trinajstić information content (AvgIpc) is 2.39. The Kier molecular flexibility index (Phi) is 4.35. The number of carbonyl (C=O) groups is 2. The fourth-order valence-electron chi connectivity index (χ4n) is 2.68. The van der Waals surface area contributed by atoms with Gasteiger partial charge in [-0.15, -0.1) is 0 Å². The largest absolute Gasteiger partial charge is 0.326 e. The van der Waals surface area contributed by atoms with Crippen molar-refractivity contribution in [2.75, 3.05) is 5.32 Å². The van der Waals surface area contributed by atoms with Gasteiger partial charge in [-0.05, 0) is 43.0 Å². The summed E-state index contributed by atoms with van der Waals surface area (Å²) in [5.41, 5.74) is 1.50. The van der Waals surface area contributed by atoms with Crippen molar-refractivity contribution >= 4 is 17.4 Å². The maximum atomic E-state index is 12.4. The van der Waals surface area contributed by atoms with Gasteiger partial charge in [0.25, 0.3) is 0 Å². The molecule has 3 nitrogen and oxygen atoms in total. The van der Waals surface area contributed by atoms with Crippen molar-refractivity contribution in [2.45, 2.75) is 39.5 Å². The molecule has 1 amide bonds. The van der Waals surface area contributed by atoms with Crippen molar-refractivity contribution in [1.29, 1.82) is 0 Å². The van der Waals surface area contributed by atoms with Crippen LogP contribution in [0, 0.1) is 11.8 Å². The molecule has 0 saturated heterocycles. The Bertz CT molecular complexity index is 456. The summed E-state index contributed by atoms with van der Waals surface area (Å²) < 4.78 is 0. The summed E-state index contributed by atoms with van der Waals surface area (Å²) in [5, 5.41) is 2.71. The van der Waals surface area contributed by atoms with E-state index < -0.39 is 0 Å². The summed E-state index contributed by atoms with van der Waals surface area (Å²) in [6.45, 7) is 3.73. The first-order chi connectivity index (χ1) is 9.06. The molecule has 0 heterocycles. The molecule has 0 unspecified atom stereocenters. The molecule has 1 fully saturated rings. The minimum atomic E-state index is -0.0969. The molecule has 3 heteroatoms. The highest BCUT2D eigenvalue weighted by Crippen LogP contribution is 2.30. The number of ketones is 1. The third-order valence-electron chi connectivity index (χ3n) is 3.88. The summed E-state index contributed by atoms with van der Waals surface area (Å²) >= 11 is 0. The van der Waals surface area contributed by atoms with Crippen LogP contribution in [0.1, 0.15) is 49.9 Å². The first-order valence-electron chi connectivity index (χ1n) is 6.98. The van der Waals surface area contributed by atoms with E-state index in [9.17, 15) is 9.59 Å². The van der Waals surface area contributed by atoms with Gasteiger partial charge in [-0.2, -0.15) is 0 Å². The number of amides is 1. The number of nitrogens with one attached hydrogen (secondary N) is 1. The van der Waals surface area contributed by atoms with E-state index in [-0.39, 0.29) is 17.6 Å². The maximum Gasteiger partial charge on any atom is 0.221 e. The Morgan fingerprint density at radius 3 is 2.16 bits per heavy atom. The Labute approximate surface area is 114 Å². The van der Waals surface area contributed by atoms with Gasteiger partial charge in [0.1, 0.15) is 0 Å². The lowest BCUT2D eigenvalue weighted by atomic mass is 9.79. The second-order valence-electron chi connectivity index (χ2n) is 5.58. The van der Waals surface area contributed by atoms with Gasteiger partial charge in [-0.25, -0.2) is 0 Å². The van der Waals surface area contributed by atoms with E-state index in [4.69, 9.17) is 0 Å². The average molecular weight is 259 g/mol. The predicted octanol–water partition coefficient (Wildman–Crippen LogP) is 3.65. The predicted molar refractivity (Wildman–Crippen MR) is 76.2 cm³/mol. The highest BCUT2D eigenvalue weighted by Gasteiger charge is 2.24. The van der Waals surface area contributed by atoms with Crippen LogP contribution in [-0.4, -0.2) is 11.7 Å². The summed E-state index contributed by atoms with van der Waals surface area (Å²) in [5.74, 6) is 1.09. The van der Waals surface area contributed by atoms with Gasteiger partial charge in [-0.1, -0.05) is 19.8 Å². The number of hydrogen-bond donors (Lipinski definition) is 1. The van der Waals surface area contributed by atoms with E-state index in [1.807, 2.05) is 12.1 Å². The molecule has 1 aliphatic rings. The molecule has 1 saturated carbocycles. The van der Waals surface area contributed by atoms with Gasteiger partial charge in [0.15, 0.2) is 5.78 Å². The highest BCUT2D eigenvalue weighted by molar-refractivity contribution is 5.98. The number of hydrogen-bond acceptors (Lipinski definition) is 2. The lowest BCUT2D eigenvalue weighted by Crippen LogP contribution is -2.21. The second-order valence-corrected chi connectivity index (χ2v) is 5.58. The van der Waals surface area contributed by atoms with Crippen molar-refractivity contribution < 1.29 is 9.59 Å². The van der Waals surface area contributed by atoms with Crippen LogP contribution >= 0.6 is 0 Å². The van der Waals surface area contributed by atoms with E-state index in [1.165, 1.54) is 6.92 Å². The Balaban J connectivity index is 2.01. The summed E-state index contributed by atoms with van der Waals surface area (Å²) in [6.07, 6.45) is 4.32. The molecule has 1 N–H and O–H groups in total. The van der Waals surface area contributed by atoms with E-state index in [0.717, 1.165) is 42.9 Å². The Morgan fingerprint density at radius 2 is 1.63 bits per heavy atom. The molecular weight excluding hydrogens is 238 g/mol. The third-order valence-corrected chi connectivity index (χ3v) is 3.88. The molecule has 19 heavy (non-hydrogen) atoms. The Hall–Kier alpha value is -1.64. The van der Waals surface area contributed by atoms with E-state index in [2.05, 4.69) is 12.2 Å². The first-order valence-corrected chi connectivity index (χ1v) is 6.98. The van der Waals surface area contributed by atoms with Crippen molar-refractivity contribution in [3.63, 3.8) is 0 Å². The monoisotopic (exact) mass is 259 g/mol. The van der Waals surface area contributed by atoms with Crippen molar-refractivity contribution in [1.82, 2.24) is 0 Å². The van der Waals surface area contributed by atoms with Crippen LogP contribution in [0.4, 0.5) is 5.69 Å². The zero-order valence-corrected chi connectivity index (χ0v) is 11.6. The molecule has 102 valence electrons. The number of benzene rings is 1. The number of anilines is 1. The normalized spacial score (nSPS) is 22.8. The van der Waals surface area contributed by atoms with Crippen LogP contribution in [0.3, 0.4) is 0 Å². The molecule has 0 atom stereocenters. The molecule has 1 aliphatic carbocycles. The SMILES string of the molecule is CC(=O)Nc1ccc(C(=O)C2CCC(C)CC2)cc1. The van der Waals surface area contributed by atoms with Crippen LogP contribution < -0.4 is 5.32 Å². The second kappa shape index (κ2) is 6.00. The van der Waals surface area contributed by atoms with Gasteiger partial charge >= 0.3 is 0 Å². The first kappa shape index (κ1) is 13.8. The number of Topliss-reactive ketones (excluding diaryl/α,β-unsaturated/α-hetero) is 1. The lowest BCUT2D eigenvalue weighted by molar-refractivity contribution is -0.114. The Morgan fingerprint density at radius 1 is 1.05 bits per heavy atom. The smallest absolute Gasteiger partial charge is 0.221 e. The topological polar surface area (TPSA) is 46.2 Å². The molecular formula is C16H21NO2. The van der Waals surface area contributed by atoms with Gasteiger partial charge in [0, 0.05) is 24.1 Å². The molecule has 0 aliphatic heterocycles. The van der Waals surface area contributed by atoms with Crippen molar-refractivity contribution in [3.05, 3.63) is 29.8 Å². The van der Waals surface area contributed by atoms with Gasteiger partial charge < -0.3 is 5.32 Å². The minimum absolute atomic E-state index is 0.0969. The standard InChI is InChI=1S/C16H21NO2/c1-11-3-5-13(6-4-11)16(19)14-7-9-15(10-8-14)17-12(2)18/h7-11,13H,3-6H2,1-2H3,(H,17,18). The van der Waals surface area contributed by atoms with Gasteiger partial charge in [0.05, 0.1) is 0 Å². The number of rotatable bonds is 3. The molecule has 0 radical (unpaired) electrons. The molecule has 1 aromatic carbocycles. The molecule has 0 spiro atoms. The molecule has 0 bridgehead atoms. The van der Waals surface area contributed by atoms with Crippen molar-refractivity contribution in [2.24, 2.45) is 11.8 Å². The fraction of sp³-hybridized carbons (Fsp3) is 0.500. The van der Waals surface area contributed by atoms with E-state index in [1.54, 1.807) is 12.1 Å². The van der Waals surface area contributed by atoms with Crippen LogP contribution in [0.5, 0.6) is 0 Å². The summed E-state index contributed by atoms with van der Waals surface area (Å²) in [4.78, 5) is 23.3. The fourth-order valence-corrected chi connectivity index (χ4v) is 2.68. The highest BCUT2D eigenvalue weighted by atomic mass is 16.1. The minimum Gasteiger partial charge on any atom is -0.326 e. The quantitative estimate of drug-likeness (QED) is 0.842. The summed E-state index contributed by atoms with van der Waals surface area (Å²) in [7, 11) is 0. The van der Waals surface area contributed by atoms with Crippen LogP contribution in [0.25, 0.3) is 0 Å². The molecule has 2 rings (SSSR count). The van der Waals surface area contributed by atoms with Crippen LogP contribution in [0.15, 0.2) is 24.3 Å². The van der Waals surface area contributed by atoms with Gasteiger partial charge in [0.2, 0.25) is 5.91 Å². The zero-order chi connectivity index (χ0) is 13.8. The van der Waals surface area contributed by atoms with Crippen molar-refractivity contribution in [3.8, 4) is 0 Å². The third kappa shape index (κ3) is 3.66. The van der Waals surface area contributed by atoms with Crippen LogP contribution in [-0.2, 0) is 4.79 Å². The molecule has 0 aromatic heterocycles. The lowest BCUT2D eigenvalue weighted by Gasteiger charge is -2.25. The van der Waals surface area contributed by atoms with Crippen LogP contribution in [0.2, 0.25) is 0 Å². The number of carbonyl (C=O) groups excluding carboxylic acids is 2. The van der Waals surface area contributed by atoms with Gasteiger partial charge in [-0.3, -0.25) is 9.59 Å². The zero-order valence-electron chi connectivity index (χ0n) is 11.6. The van der Waals surface area contributed by atoms with E-state index >= 15 is 0 Å². The van der Waals surface area contributed by atoms with E-state index in [0.29, 0.717) is 0 Å².